The van der Waals surface area contributed by atoms with E-state index in [1.54, 1.807) is 12.1 Å². The minimum Gasteiger partial charge on any atom is -0.373 e. The van der Waals surface area contributed by atoms with Crippen molar-refractivity contribution in [1.82, 2.24) is 9.97 Å². The van der Waals surface area contributed by atoms with Gasteiger partial charge in [0.2, 0.25) is 0 Å². The van der Waals surface area contributed by atoms with Crippen LogP contribution in [0.2, 0.25) is 0 Å². The lowest BCUT2D eigenvalue weighted by molar-refractivity contribution is 0.621. The lowest BCUT2D eigenvalue weighted by Gasteiger charge is -2.10. The van der Waals surface area contributed by atoms with Crippen LogP contribution in [0.1, 0.15) is 19.2 Å². The summed E-state index contributed by atoms with van der Waals surface area (Å²) >= 11 is 3.17. The Morgan fingerprint density at radius 2 is 1.95 bits per heavy atom. The van der Waals surface area contributed by atoms with E-state index in [2.05, 4.69) is 43.5 Å². The Balaban J connectivity index is 2.27. The Labute approximate surface area is 126 Å². The molecule has 0 atom stereocenters. The zero-order valence-corrected chi connectivity index (χ0v) is 13.0. The third kappa shape index (κ3) is 3.66. The summed E-state index contributed by atoms with van der Waals surface area (Å²) in [5, 5.41) is 6.17. The lowest BCUT2D eigenvalue weighted by atomic mass is 10.3. The number of nitrogens with one attached hydrogen (secondary N) is 2. The number of benzene rings is 1. The van der Waals surface area contributed by atoms with Gasteiger partial charge in [-0.1, -0.05) is 6.92 Å². The smallest absolute Gasteiger partial charge is 0.137 e. The van der Waals surface area contributed by atoms with Gasteiger partial charge in [0.25, 0.3) is 0 Å². The lowest BCUT2D eigenvalue weighted by Crippen LogP contribution is -2.03. The predicted octanol–water partition coefficient (Wildman–Crippen LogP) is 4.12. The maximum Gasteiger partial charge on any atom is 0.137 e. The molecule has 0 amide bonds. The van der Waals surface area contributed by atoms with Crippen molar-refractivity contribution in [2.24, 2.45) is 0 Å². The van der Waals surface area contributed by atoms with Gasteiger partial charge in [-0.3, -0.25) is 0 Å². The molecule has 20 heavy (non-hydrogen) atoms. The molecule has 2 rings (SSSR count). The minimum atomic E-state index is -0.291. The van der Waals surface area contributed by atoms with Gasteiger partial charge in [0.1, 0.15) is 23.3 Å². The highest BCUT2D eigenvalue weighted by molar-refractivity contribution is 9.10. The summed E-state index contributed by atoms with van der Waals surface area (Å²) in [4.78, 5) is 8.83. The molecule has 106 valence electrons. The summed E-state index contributed by atoms with van der Waals surface area (Å²) < 4.78 is 13.6. The number of aryl methyl sites for hydroxylation is 1. The molecule has 1 heterocycles. The largest absolute Gasteiger partial charge is 0.373 e. The van der Waals surface area contributed by atoms with Crippen molar-refractivity contribution in [2.75, 3.05) is 17.7 Å². The average Bonchev–Trinajstić information content (AvgIpc) is 2.43. The number of rotatable bonds is 5. The van der Waals surface area contributed by atoms with E-state index in [1.165, 1.54) is 6.07 Å². The van der Waals surface area contributed by atoms with E-state index < -0.39 is 0 Å². The molecule has 1 aromatic heterocycles. The molecule has 0 aliphatic rings. The van der Waals surface area contributed by atoms with Crippen LogP contribution in [-0.2, 0) is 6.42 Å². The van der Waals surface area contributed by atoms with Crippen LogP contribution in [0.3, 0.4) is 0 Å². The molecule has 0 fully saturated rings. The highest BCUT2D eigenvalue weighted by Crippen LogP contribution is 2.23. The number of hydrogen-bond acceptors (Lipinski definition) is 4. The summed E-state index contributed by atoms with van der Waals surface area (Å²) in [7, 11) is 1.82. The molecule has 2 aromatic rings. The molecule has 0 aliphatic heterocycles. The summed E-state index contributed by atoms with van der Waals surface area (Å²) in [6.07, 6.45) is 1.80. The van der Waals surface area contributed by atoms with Crippen molar-refractivity contribution < 1.29 is 4.39 Å². The molecular weight excluding hydrogens is 323 g/mol. The van der Waals surface area contributed by atoms with E-state index in [9.17, 15) is 4.39 Å². The third-order valence-corrected chi connectivity index (χ3v) is 3.30. The van der Waals surface area contributed by atoms with Crippen LogP contribution >= 0.6 is 15.9 Å². The van der Waals surface area contributed by atoms with E-state index in [-0.39, 0.29) is 5.82 Å². The molecule has 0 aliphatic carbocycles. The second kappa shape index (κ2) is 6.65. The van der Waals surface area contributed by atoms with Crippen molar-refractivity contribution >= 4 is 33.3 Å². The van der Waals surface area contributed by atoms with Crippen molar-refractivity contribution in [1.29, 1.82) is 0 Å². The Hall–Kier alpha value is -1.69. The quantitative estimate of drug-likeness (QED) is 0.861. The first kappa shape index (κ1) is 14.7. The van der Waals surface area contributed by atoms with Crippen LogP contribution < -0.4 is 10.6 Å². The highest BCUT2D eigenvalue weighted by atomic mass is 79.9. The topological polar surface area (TPSA) is 49.8 Å². The van der Waals surface area contributed by atoms with Gasteiger partial charge in [0, 0.05) is 25.2 Å². The van der Waals surface area contributed by atoms with Crippen molar-refractivity contribution in [3.63, 3.8) is 0 Å². The summed E-state index contributed by atoms with van der Waals surface area (Å²) in [6, 6.07) is 6.56. The first-order chi connectivity index (χ1) is 9.62. The fourth-order valence-electron chi connectivity index (χ4n) is 1.75. The van der Waals surface area contributed by atoms with E-state index in [0.717, 1.165) is 30.2 Å². The maximum absolute atomic E-state index is 13.2. The molecule has 4 nitrogen and oxygen atoms in total. The van der Waals surface area contributed by atoms with Crippen molar-refractivity contribution in [3.05, 3.63) is 40.4 Å². The van der Waals surface area contributed by atoms with E-state index >= 15 is 0 Å². The fraction of sp³-hybridized carbons (Fsp3) is 0.286. The van der Waals surface area contributed by atoms with Gasteiger partial charge in [0.05, 0.1) is 4.47 Å². The second-order valence-electron chi connectivity index (χ2n) is 4.31. The van der Waals surface area contributed by atoms with E-state index in [4.69, 9.17) is 0 Å². The molecule has 0 radical (unpaired) electrons. The molecular formula is C14H16BrFN4. The highest BCUT2D eigenvalue weighted by Gasteiger charge is 2.05. The maximum atomic E-state index is 13.2. The van der Waals surface area contributed by atoms with Crippen LogP contribution in [0, 0.1) is 5.82 Å². The predicted molar refractivity (Wildman–Crippen MR) is 83.0 cm³/mol. The molecule has 0 saturated carbocycles. The van der Waals surface area contributed by atoms with Gasteiger partial charge in [0.15, 0.2) is 0 Å². The van der Waals surface area contributed by atoms with Gasteiger partial charge < -0.3 is 10.6 Å². The van der Waals surface area contributed by atoms with Crippen LogP contribution in [0.25, 0.3) is 0 Å². The SMILES string of the molecule is CCCc1nc(NC)cc(Nc2ccc(F)c(Br)c2)n1. The summed E-state index contributed by atoms with van der Waals surface area (Å²) in [5.41, 5.74) is 0.765. The average molecular weight is 339 g/mol. The first-order valence-corrected chi connectivity index (χ1v) is 7.19. The van der Waals surface area contributed by atoms with Gasteiger partial charge in [-0.15, -0.1) is 0 Å². The first-order valence-electron chi connectivity index (χ1n) is 6.40. The van der Waals surface area contributed by atoms with Crippen LogP contribution in [0.4, 0.5) is 21.7 Å². The molecule has 0 unspecified atom stereocenters. The number of halogens is 2. The summed E-state index contributed by atoms with van der Waals surface area (Å²) in [5.74, 6) is 1.93. The van der Waals surface area contributed by atoms with Gasteiger partial charge in [-0.2, -0.15) is 0 Å². The Morgan fingerprint density at radius 1 is 1.20 bits per heavy atom. The standard InChI is InChI=1S/C14H16BrFN4/c1-3-4-12-19-13(17-2)8-14(20-12)18-9-5-6-11(16)10(15)7-9/h5-8H,3-4H2,1-2H3,(H2,17,18,19,20). The Kier molecular flexibility index (Phi) is 4.89. The Bertz CT molecular complexity index is 604. The second-order valence-corrected chi connectivity index (χ2v) is 5.16. The number of nitrogens with zero attached hydrogens (tertiary/aromatic N) is 2. The Morgan fingerprint density at radius 3 is 2.60 bits per heavy atom. The molecule has 6 heteroatoms. The zero-order valence-electron chi connectivity index (χ0n) is 11.4. The number of aromatic nitrogens is 2. The van der Waals surface area contributed by atoms with Crippen molar-refractivity contribution in [3.8, 4) is 0 Å². The third-order valence-electron chi connectivity index (χ3n) is 2.69. The molecule has 2 N–H and O–H groups in total. The van der Waals surface area contributed by atoms with E-state index in [0.29, 0.717) is 10.3 Å². The fourth-order valence-corrected chi connectivity index (χ4v) is 2.13. The molecule has 0 spiro atoms. The molecule has 0 saturated heterocycles. The number of anilines is 3. The van der Waals surface area contributed by atoms with Gasteiger partial charge >= 0.3 is 0 Å². The van der Waals surface area contributed by atoms with Crippen LogP contribution in [0.15, 0.2) is 28.7 Å². The zero-order chi connectivity index (χ0) is 14.5. The molecule has 0 bridgehead atoms. The van der Waals surface area contributed by atoms with Crippen LogP contribution in [-0.4, -0.2) is 17.0 Å². The van der Waals surface area contributed by atoms with E-state index in [1.807, 2.05) is 13.1 Å². The minimum absolute atomic E-state index is 0.291. The normalized spacial score (nSPS) is 10.4. The van der Waals surface area contributed by atoms with Crippen molar-refractivity contribution in [2.45, 2.75) is 19.8 Å². The monoisotopic (exact) mass is 338 g/mol. The van der Waals surface area contributed by atoms with Gasteiger partial charge in [-0.25, -0.2) is 14.4 Å². The molecule has 1 aromatic carbocycles. The van der Waals surface area contributed by atoms with Gasteiger partial charge in [-0.05, 0) is 40.5 Å². The number of hydrogen-bond donors (Lipinski definition) is 2. The van der Waals surface area contributed by atoms with Crippen LogP contribution in [0.5, 0.6) is 0 Å². The summed E-state index contributed by atoms with van der Waals surface area (Å²) in [6.45, 7) is 2.08.